The van der Waals surface area contributed by atoms with Crippen molar-refractivity contribution in [3.63, 3.8) is 0 Å². The van der Waals surface area contributed by atoms with Crippen LogP contribution in [0.25, 0.3) is 0 Å². The van der Waals surface area contributed by atoms with Crippen molar-refractivity contribution in [1.82, 2.24) is 9.80 Å². The summed E-state index contributed by atoms with van der Waals surface area (Å²) in [5, 5.41) is 0. The molecule has 0 unspecified atom stereocenters. The predicted molar refractivity (Wildman–Crippen MR) is 86.0 cm³/mol. The fourth-order valence-electron chi connectivity index (χ4n) is 4.57. The van der Waals surface area contributed by atoms with E-state index >= 15 is 0 Å². The van der Waals surface area contributed by atoms with E-state index in [2.05, 4.69) is 29.0 Å². The standard InChI is InChI=1S/C18H26N2O2/c1-19-14-5-6-15(19)12-16(11-14)20-9-10-22-18(20)13-3-7-17(21-2)8-4-13/h3-4,7-8,14-16,18H,5-6,9-12H2,1-2H3/t14-,15-,18-/m0/s1. The summed E-state index contributed by atoms with van der Waals surface area (Å²) in [5.74, 6) is 0.908. The summed E-state index contributed by atoms with van der Waals surface area (Å²) in [7, 11) is 4.02. The van der Waals surface area contributed by atoms with Gasteiger partial charge in [0.05, 0.1) is 13.7 Å². The number of ether oxygens (including phenoxy) is 2. The van der Waals surface area contributed by atoms with Crippen LogP contribution in [0.2, 0.25) is 0 Å². The largest absolute Gasteiger partial charge is 0.497 e. The van der Waals surface area contributed by atoms with Crippen molar-refractivity contribution in [2.45, 2.75) is 50.0 Å². The fraction of sp³-hybridized carbons (Fsp3) is 0.667. The lowest BCUT2D eigenvalue weighted by molar-refractivity contribution is -0.0145. The predicted octanol–water partition coefficient (Wildman–Crippen LogP) is 2.65. The highest BCUT2D eigenvalue weighted by molar-refractivity contribution is 5.28. The van der Waals surface area contributed by atoms with Crippen molar-refractivity contribution >= 4 is 0 Å². The van der Waals surface area contributed by atoms with Crippen molar-refractivity contribution in [1.29, 1.82) is 0 Å². The molecule has 0 radical (unpaired) electrons. The van der Waals surface area contributed by atoms with E-state index in [1.807, 2.05) is 12.1 Å². The smallest absolute Gasteiger partial charge is 0.137 e. The zero-order valence-corrected chi connectivity index (χ0v) is 13.6. The first-order valence-corrected chi connectivity index (χ1v) is 8.49. The van der Waals surface area contributed by atoms with E-state index in [0.717, 1.165) is 31.0 Å². The summed E-state index contributed by atoms with van der Waals surface area (Å²) in [6, 6.07) is 10.6. The molecule has 1 aromatic carbocycles. The summed E-state index contributed by atoms with van der Waals surface area (Å²) in [4.78, 5) is 5.20. The quantitative estimate of drug-likeness (QED) is 0.857. The highest BCUT2D eigenvalue weighted by Gasteiger charge is 2.43. The number of methoxy groups -OCH3 is 1. The molecule has 0 aromatic heterocycles. The molecule has 22 heavy (non-hydrogen) atoms. The Bertz CT molecular complexity index is 504. The number of benzene rings is 1. The molecule has 1 aromatic rings. The molecule has 4 heteroatoms. The molecule has 4 nitrogen and oxygen atoms in total. The minimum atomic E-state index is 0.124. The third-order valence-electron chi connectivity index (χ3n) is 5.87. The Morgan fingerprint density at radius 1 is 1.05 bits per heavy atom. The maximum Gasteiger partial charge on any atom is 0.137 e. The zero-order valence-electron chi connectivity index (χ0n) is 13.6. The maximum atomic E-state index is 6.07. The van der Waals surface area contributed by atoms with Gasteiger partial charge in [0.1, 0.15) is 12.0 Å². The highest BCUT2D eigenvalue weighted by Crippen LogP contribution is 2.40. The van der Waals surface area contributed by atoms with Gasteiger partial charge in [-0.2, -0.15) is 0 Å². The van der Waals surface area contributed by atoms with Crippen LogP contribution in [-0.2, 0) is 4.74 Å². The molecule has 3 aliphatic rings. The molecule has 4 rings (SSSR count). The molecule has 3 heterocycles. The number of rotatable bonds is 3. The fourth-order valence-corrected chi connectivity index (χ4v) is 4.57. The van der Waals surface area contributed by atoms with Crippen LogP contribution in [0.3, 0.4) is 0 Å². The molecule has 0 spiro atoms. The van der Waals surface area contributed by atoms with E-state index < -0.39 is 0 Å². The second-order valence-corrected chi connectivity index (χ2v) is 6.91. The Hall–Kier alpha value is -1.10. The summed E-state index contributed by atoms with van der Waals surface area (Å²) in [6.07, 6.45) is 5.46. The number of fused-ring (bicyclic) bond motifs is 2. The molecular formula is C18H26N2O2. The van der Waals surface area contributed by atoms with Crippen molar-refractivity contribution in [3.8, 4) is 5.75 Å². The first-order valence-electron chi connectivity index (χ1n) is 8.49. The molecule has 0 saturated carbocycles. The van der Waals surface area contributed by atoms with Gasteiger partial charge < -0.3 is 14.4 Å². The maximum absolute atomic E-state index is 6.07. The number of hydrogen-bond acceptors (Lipinski definition) is 4. The van der Waals surface area contributed by atoms with Gasteiger partial charge in [-0.05, 0) is 50.4 Å². The molecule has 0 aliphatic carbocycles. The SMILES string of the molecule is COc1ccc([C@@H]2OCCN2C2C[C@@H]3CC[C@@H](C2)N3C)cc1. The molecule has 120 valence electrons. The lowest BCUT2D eigenvalue weighted by Gasteiger charge is -2.41. The van der Waals surface area contributed by atoms with E-state index in [0.29, 0.717) is 6.04 Å². The molecule has 3 saturated heterocycles. The third-order valence-corrected chi connectivity index (χ3v) is 5.87. The Balaban J connectivity index is 1.51. The van der Waals surface area contributed by atoms with Crippen molar-refractivity contribution in [2.24, 2.45) is 0 Å². The molecule has 2 bridgehead atoms. The van der Waals surface area contributed by atoms with Gasteiger partial charge in [-0.1, -0.05) is 12.1 Å². The van der Waals surface area contributed by atoms with Gasteiger partial charge in [-0.25, -0.2) is 0 Å². The van der Waals surface area contributed by atoms with Crippen LogP contribution < -0.4 is 4.74 Å². The van der Waals surface area contributed by atoms with Gasteiger partial charge in [-0.15, -0.1) is 0 Å². The van der Waals surface area contributed by atoms with E-state index in [1.54, 1.807) is 7.11 Å². The van der Waals surface area contributed by atoms with Crippen LogP contribution in [-0.4, -0.2) is 55.2 Å². The normalized spacial score (nSPS) is 35.9. The third kappa shape index (κ3) is 2.43. The lowest BCUT2D eigenvalue weighted by Crippen LogP contribution is -2.48. The first-order chi connectivity index (χ1) is 10.8. The molecular weight excluding hydrogens is 276 g/mol. The van der Waals surface area contributed by atoms with Crippen LogP contribution in [0.4, 0.5) is 0 Å². The second kappa shape index (κ2) is 5.84. The number of hydrogen-bond donors (Lipinski definition) is 0. The molecule has 3 atom stereocenters. The lowest BCUT2D eigenvalue weighted by atomic mass is 9.96. The molecule has 0 N–H and O–H groups in total. The summed E-state index contributed by atoms with van der Waals surface area (Å²) < 4.78 is 11.3. The van der Waals surface area contributed by atoms with Crippen molar-refractivity contribution in [3.05, 3.63) is 29.8 Å². The van der Waals surface area contributed by atoms with E-state index in [1.165, 1.54) is 31.2 Å². The van der Waals surface area contributed by atoms with Gasteiger partial charge in [0.2, 0.25) is 0 Å². The first kappa shape index (κ1) is 14.5. The average Bonchev–Trinajstić information content (AvgIpc) is 3.09. The van der Waals surface area contributed by atoms with Crippen molar-refractivity contribution in [2.75, 3.05) is 27.3 Å². The van der Waals surface area contributed by atoms with Crippen LogP contribution in [0.15, 0.2) is 24.3 Å². The Kier molecular flexibility index (Phi) is 3.84. The van der Waals surface area contributed by atoms with Gasteiger partial charge in [-0.3, -0.25) is 4.90 Å². The number of piperidine rings is 1. The van der Waals surface area contributed by atoms with E-state index in [-0.39, 0.29) is 6.23 Å². The van der Waals surface area contributed by atoms with Crippen LogP contribution in [0, 0.1) is 0 Å². The zero-order chi connectivity index (χ0) is 15.1. The number of nitrogens with zero attached hydrogens (tertiary/aromatic N) is 2. The Labute approximate surface area is 133 Å². The summed E-state index contributed by atoms with van der Waals surface area (Å²) in [6.45, 7) is 1.91. The van der Waals surface area contributed by atoms with Crippen LogP contribution in [0.5, 0.6) is 5.75 Å². The van der Waals surface area contributed by atoms with Crippen LogP contribution >= 0.6 is 0 Å². The minimum Gasteiger partial charge on any atom is -0.497 e. The average molecular weight is 302 g/mol. The monoisotopic (exact) mass is 302 g/mol. The van der Waals surface area contributed by atoms with Crippen molar-refractivity contribution < 1.29 is 9.47 Å². The summed E-state index contributed by atoms with van der Waals surface area (Å²) in [5.41, 5.74) is 1.25. The topological polar surface area (TPSA) is 24.9 Å². The molecule has 3 fully saturated rings. The van der Waals surface area contributed by atoms with Gasteiger partial charge in [0.25, 0.3) is 0 Å². The van der Waals surface area contributed by atoms with Crippen LogP contribution in [0.1, 0.15) is 37.5 Å². The van der Waals surface area contributed by atoms with E-state index in [4.69, 9.17) is 9.47 Å². The van der Waals surface area contributed by atoms with Gasteiger partial charge >= 0.3 is 0 Å². The molecule has 0 amide bonds. The Morgan fingerprint density at radius 2 is 1.73 bits per heavy atom. The minimum absolute atomic E-state index is 0.124. The second-order valence-electron chi connectivity index (χ2n) is 6.91. The van der Waals surface area contributed by atoms with E-state index in [9.17, 15) is 0 Å². The Morgan fingerprint density at radius 3 is 2.36 bits per heavy atom. The molecule has 3 aliphatic heterocycles. The highest BCUT2D eigenvalue weighted by atomic mass is 16.5. The van der Waals surface area contributed by atoms with Gasteiger partial charge in [0, 0.05) is 24.7 Å². The van der Waals surface area contributed by atoms with Gasteiger partial charge in [0.15, 0.2) is 0 Å². The summed E-state index contributed by atoms with van der Waals surface area (Å²) >= 11 is 0.